The van der Waals surface area contributed by atoms with E-state index >= 15 is 0 Å². The largest absolute Gasteiger partial charge is 0.381 e. The van der Waals surface area contributed by atoms with Gasteiger partial charge in [-0.25, -0.2) is 0 Å². The van der Waals surface area contributed by atoms with Crippen LogP contribution in [0.1, 0.15) is 34.1 Å². The van der Waals surface area contributed by atoms with Crippen LogP contribution in [0.4, 0.5) is 0 Å². The van der Waals surface area contributed by atoms with Crippen molar-refractivity contribution in [2.45, 2.75) is 46.2 Å². The maximum atomic E-state index is 6.24. The molecule has 96 valence electrons. The van der Waals surface area contributed by atoms with Gasteiger partial charge in [0, 0.05) is 31.2 Å². The van der Waals surface area contributed by atoms with Crippen molar-refractivity contribution in [1.82, 2.24) is 4.90 Å². The summed E-state index contributed by atoms with van der Waals surface area (Å²) in [7, 11) is 2.17. The lowest BCUT2D eigenvalue weighted by Crippen LogP contribution is -2.47. The van der Waals surface area contributed by atoms with E-state index in [0.717, 1.165) is 26.2 Å². The standard InChI is InChI=1S/C13H28N2O/c1-10(13(2,3)4)15(5)8-12(14)11-6-7-16-9-11/h10-12H,6-9,14H2,1-5H3. The first kappa shape index (κ1) is 13.9. The van der Waals surface area contributed by atoms with Crippen LogP contribution >= 0.6 is 0 Å². The number of nitrogens with zero attached hydrogens (tertiary/aromatic N) is 1. The molecule has 3 heteroatoms. The van der Waals surface area contributed by atoms with Crippen LogP contribution in [-0.2, 0) is 4.74 Å². The lowest BCUT2D eigenvalue weighted by Gasteiger charge is -2.37. The maximum Gasteiger partial charge on any atom is 0.0510 e. The number of hydrogen-bond acceptors (Lipinski definition) is 3. The van der Waals surface area contributed by atoms with Crippen LogP contribution in [0, 0.1) is 11.3 Å². The van der Waals surface area contributed by atoms with E-state index in [-0.39, 0.29) is 6.04 Å². The Morgan fingerprint density at radius 2 is 2.06 bits per heavy atom. The second kappa shape index (κ2) is 5.48. The molecule has 1 rings (SSSR count). The first-order valence-electron chi connectivity index (χ1n) is 6.36. The highest BCUT2D eigenvalue weighted by atomic mass is 16.5. The Balaban J connectivity index is 2.40. The van der Waals surface area contributed by atoms with Gasteiger partial charge < -0.3 is 15.4 Å². The molecule has 0 saturated carbocycles. The fraction of sp³-hybridized carbons (Fsp3) is 1.00. The van der Waals surface area contributed by atoms with Crippen LogP contribution in [0.5, 0.6) is 0 Å². The third-order valence-corrected chi connectivity index (χ3v) is 3.98. The van der Waals surface area contributed by atoms with Crippen molar-refractivity contribution in [3.63, 3.8) is 0 Å². The minimum absolute atomic E-state index is 0.247. The molecule has 3 unspecified atom stereocenters. The summed E-state index contributed by atoms with van der Waals surface area (Å²) in [5.41, 5.74) is 6.55. The van der Waals surface area contributed by atoms with Gasteiger partial charge in [0.15, 0.2) is 0 Å². The molecule has 0 amide bonds. The monoisotopic (exact) mass is 228 g/mol. The van der Waals surface area contributed by atoms with Crippen molar-refractivity contribution in [2.24, 2.45) is 17.1 Å². The van der Waals surface area contributed by atoms with Crippen LogP contribution in [0.15, 0.2) is 0 Å². The summed E-state index contributed by atoms with van der Waals surface area (Å²) in [6.07, 6.45) is 1.12. The van der Waals surface area contributed by atoms with Crippen LogP contribution in [0.25, 0.3) is 0 Å². The van der Waals surface area contributed by atoms with E-state index < -0.39 is 0 Å². The van der Waals surface area contributed by atoms with Crippen molar-refractivity contribution in [1.29, 1.82) is 0 Å². The van der Waals surface area contributed by atoms with Crippen LogP contribution in [0.3, 0.4) is 0 Å². The SMILES string of the molecule is CC(N(C)CC(N)C1CCOC1)C(C)(C)C. The Hall–Kier alpha value is -0.120. The predicted octanol–water partition coefficient (Wildman–Crippen LogP) is 1.72. The van der Waals surface area contributed by atoms with Gasteiger partial charge in [-0.1, -0.05) is 20.8 Å². The summed E-state index contributed by atoms with van der Waals surface area (Å²) in [6.45, 7) is 11.8. The molecule has 1 aliphatic rings. The molecule has 0 aliphatic carbocycles. The second-order valence-electron chi connectivity index (χ2n) is 6.27. The minimum atomic E-state index is 0.247. The van der Waals surface area contributed by atoms with Gasteiger partial charge in [0.1, 0.15) is 0 Å². The molecule has 2 N–H and O–H groups in total. The number of nitrogens with two attached hydrogens (primary N) is 1. The van der Waals surface area contributed by atoms with Gasteiger partial charge in [-0.05, 0) is 25.8 Å². The maximum absolute atomic E-state index is 6.24. The lowest BCUT2D eigenvalue weighted by molar-refractivity contribution is 0.120. The van der Waals surface area contributed by atoms with Crippen molar-refractivity contribution in [3.8, 4) is 0 Å². The molecule has 0 bridgehead atoms. The Kier molecular flexibility index (Phi) is 4.77. The van der Waals surface area contributed by atoms with Crippen LogP contribution in [0.2, 0.25) is 0 Å². The highest BCUT2D eigenvalue weighted by molar-refractivity contribution is 4.83. The van der Waals surface area contributed by atoms with E-state index in [1.807, 2.05) is 0 Å². The van der Waals surface area contributed by atoms with Gasteiger partial charge in [-0.2, -0.15) is 0 Å². The smallest absolute Gasteiger partial charge is 0.0510 e. The predicted molar refractivity (Wildman–Crippen MR) is 68.4 cm³/mol. The highest BCUT2D eigenvalue weighted by Crippen LogP contribution is 2.24. The fourth-order valence-electron chi connectivity index (χ4n) is 2.19. The zero-order valence-corrected chi connectivity index (χ0v) is 11.5. The van der Waals surface area contributed by atoms with Crippen LogP contribution in [-0.4, -0.2) is 43.8 Å². The minimum Gasteiger partial charge on any atom is -0.381 e. The summed E-state index contributed by atoms with van der Waals surface area (Å²) in [5.74, 6) is 0.551. The van der Waals surface area contributed by atoms with E-state index in [1.165, 1.54) is 0 Å². The zero-order valence-electron chi connectivity index (χ0n) is 11.5. The molecule has 1 aliphatic heterocycles. The summed E-state index contributed by atoms with van der Waals surface area (Å²) >= 11 is 0. The summed E-state index contributed by atoms with van der Waals surface area (Å²) < 4.78 is 5.39. The zero-order chi connectivity index (χ0) is 12.3. The van der Waals surface area contributed by atoms with E-state index in [4.69, 9.17) is 10.5 Å². The van der Waals surface area contributed by atoms with Gasteiger partial charge in [0.2, 0.25) is 0 Å². The van der Waals surface area contributed by atoms with Gasteiger partial charge in [-0.15, -0.1) is 0 Å². The number of ether oxygens (including phenoxy) is 1. The molecule has 1 heterocycles. The lowest BCUT2D eigenvalue weighted by atomic mass is 9.86. The quantitative estimate of drug-likeness (QED) is 0.796. The van der Waals surface area contributed by atoms with Gasteiger partial charge in [0.25, 0.3) is 0 Å². The molecule has 0 spiro atoms. The fourth-order valence-corrected chi connectivity index (χ4v) is 2.19. The third kappa shape index (κ3) is 3.72. The molecular formula is C13H28N2O. The average Bonchev–Trinajstić information content (AvgIpc) is 2.67. The molecule has 16 heavy (non-hydrogen) atoms. The Morgan fingerprint density at radius 1 is 1.44 bits per heavy atom. The van der Waals surface area contributed by atoms with E-state index in [2.05, 4.69) is 39.6 Å². The molecule has 3 atom stereocenters. The van der Waals surface area contributed by atoms with Crippen molar-refractivity contribution < 1.29 is 4.74 Å². The summed E-state index contributed by atoms with van der Waals surface area (Å²) in [4.78, 5) is 2.38. The molecule has 0 aromatic rings. The van der Waals surface area contributed by atoms with Gasteiger partial charge in [0.05, 0.1) is 6.61 Å². The Labute approximate surface area is 100 Å². The highest BCUT2D eigenvalue weighted by Gasteiger charge is 2.28. The molecule has 1 saturated heterocycles. The third-order valence-electron chi connectivity index (χ3n) is 3.98. The second-order valence-corrected chi connectivity index (χ2v) is 6.27. The Bertz CT molecular complexity index is 206. The molecule has 1 fully saturated rings. The van der Waals surface area contributed by atoms with Gasteiger partial charge >= 0.3 is 0 Å². The molecule has 0 radical (unpaired) electrons. The van der Waals surface area contributed by atoms with Crippen molar-refractivity contribution >= 4 is 0 Å². The van der Waals surface area contributed by atoms with E-state index in [9.17, 15) is 0 Å². The first-order chi connectivity index (χ1) is 7.32. The molecular weight excluding hydrogens is 200 g/mol. The summed E-state index contributed by atoms with van der Waals surface area (Å²) in [5, 5.41) is 0. The summed E-state index contributed by atoms with van der Waals surface area (Å²) in [6, 6.07) is 0.790. The average molecular weight is 228 g/mol. The molecule has 0 aromatic carbocycles. The number of hydrogen-bond donors (Lipinski definition) is 1. The van der Waals surface area contributed by atoms with Crippen molar-refractivity contribution in [3.05, 3.63) is 0 Å². The van der Waals surface area contributed by atoms with Gasteiger partial charge in [-0.3, -0.25) is 0 Å². The van der Waals surface area contributed by atoms with Crippen molar-refractivity contribution in [2.75, 3.05) is 26.8 Å². The number of likely N-dealkylation sites (N-methyl/N-ethyl adjacent to an activating group) is 1. The van der Waals surface area contributed by atoms with E-state index in [0.29, 0.717) is 17.4 Å². The molecule has 0 aromatic heterocycles. The van der Waals surface area contributed by atoms with E-state index in [1.54, 1.807) is 0 Å². The van der Waals surface area contributed by atoms with Crippen LogP contribution < -0.4 is 5.73 Å². The normalized spacial score (nSPS) is 26.1. The molecule has 3 nitrogen and oxygen atoms in total. The Morgan fingerprint density at radius 3 is 2.50 bits per heavy atom. The number of rotatable bonds is 4. The first-order valence-corrected chi connectivity index (χ1v) is 6.36. The topological polar surface area (TPSA) is 38.5 Å².